The molecule has 2 fully saturated rings. The molecule has 2 atom stereocenters. The fourth-order valence-electron chi connectivity index (χ4n) is 3.95. The summed E-state index contributed by atoms with van der Waals surface area (Å²) in [4.78, 5) is 41.3. The predicted octanol–water partition coefficient (Wildman–Crippen LogP) is 1.81. The average Bonchev–Trinajstić information content (AvgIpc) is 3.28. The van der Waals surface area contributed by atoms with Gasteiger partial charge < -0.3 is 19.9 Å². The van der Waals surface area contributed by atoms with Crippen molar-refractivity contribution in [2.24, 2.45) is 5.92 Å². The van der Waals surface area contributed by atoms with Crippen LogP contribution in [-0.2, 0) is 20.7 Å². The Morgan fingerprint density at radius 2 is 1.75 bits per heavy atom. The first-order valence-corrected chi connectivity index (χ1v) is 10.0. The zero-order chi connectivity index (χ0) is 19.9. The SMILES string of the molecule is COC(=O)[C@H](Cc1ccccc1)NC(=O)C1CCCN(C(=O)N2CCCC2)C1. The minimum atomic E-state index is -0.732. The van der Waals surface area contributed by atoms with E-state index in [-0.39, 0.29) is 17.9 Å². The maximum atomic E-state index is 12.8. The van der Waals surface area contributed by atoms with Crippen molar-refractivity contribution >= 4 is 17.9 Å². The summed E-state index contributed by atoms with van der Waals surface area (Å²) in [5.41, 5.74) is 0.952. The zero-order valence-electron chi connectivity index (χ0n) is 16.4. The molecule has 2 aliphatic heterocycles. The molecule has 1 aromatic carbocycles. The molecule has 2 heterocycles. The third-order valence-corrected chi connectivity index (χ3v) is 5.52. The van der Waals surface area contributed by atoms with Gasteiger partial charge in [-0.3, -0.25) is 4.79 Å². The molecule has 0 spiro atoms. The number of benzene rings is 1. The molecule has 1 unspecified atom stereocenters. The van der Waals surface area contributed by atoms with Gasteiger partial charge in [-0.1, -0.05) is 30.3 Å². The van der Waals surface area contributed by atoms with Gasteiger partial charge in [-0.05, 0) is 31.2 Å². The van der Waals surface area contributed by atoms with Gasteiger partial charge >= 0.3 is 12.0 Å². The minimum Gasteiger partial charge on any atom is -0.467 e. The third kappa shape index (κ3) is 5.03. The Morgan fingerprint density at radius 3 is 2.43 bits per heavy atom. The van der Waals surface area contributed by atoms with Gasteiger partial charge in [0.25, 0.3) is 0 Å². The lowest BCUT2D eigenvalue weighted by molar-refractivity contribution is -0.145. The van der Waals surface area contributed by atoms with E-state index in [1.165, 1.54) is 7.11 Å². The molecule has 0 aromatic heterocycles. The van der Waals surface area contributed by atoms with Gasteiger partial charge in [-0.25, -0.2) is 9.59 Å². The van der Waals surface area contributed by atoms with Crippen molar-refractivity contribution < 1.29 is 19.1 Å². The molecule has 152 valence electrons. The fourth-order valence-corrected chi connectivity index (χ4v) is 3.95. The summed E-state index contributed by atoms with van der Waals surface area (Å²) in [5.74, 6) is -0.952. The number of ether oxygens (including phenoxy) is 1. The lowest BCUT2D eigenvalue weighted by Crippen LogP contribution is -2.52. The van der Waals surface area contributed by atoms with Crippen molar-refractivity contribution in [3.8, 4) is 0 Å². The molecule has 0 saturated carbocycles. The molecule has 7 heteroatoms. The van der Waals surface area contributed by atoms with E-state index in [2.05, 4.69) is 5.32 Å². The van der Waals surface area contributed by atoms with E-state index in [9.17, 15) is 14.4 Å². The molecule has 3 amide bonds. The van der Waals surface area contributed by atoms with Crippen molar-refractivity contribution in [3.05, 3.63) is 35.9 Å². The fraction of sp³-hybridized carbons (Fsp3) is 0.571. The Kier molecular flexibility index (Phi) is 6.90. The topological polar surface area (TPSA) is 79.0 Å². The number of hydrogen-bond donors (Lipinski definition) is 1. The van der Waals surface area contributed by atoms with Crippen LogP contribution in [0.1, 0.15) is 31.2 Å². The third-order valence-electron chi connectivity index (χ3n) is 5.52. The molecule has 1 aromatic rings. The van der Waals surface area contributed by atoms with Crippen molar-refractivity contribution in [1.82, 2.24) is 15.1 Å². The number of nitrogens with one attached hydrogen (secondary N) is 1. The highest BCUT2D eigenvalue weighted by Gasteiger charge is 2.33. The van der Waals surface area contributed by atoms with E-state index in [1.807, 2.05) is 35.2 Å². The number of piperidine rings is 1. The van der Waals surface area contributed by atoms with E-state index < -0.39 is 12.0 Å². The summed E-state index contributed by atoms with van der Waals surface area (Å²) in [6.45, 7) is 2.69. The Morgan fingerprint density at radius 1 is 1.07 bits per heavy atom. The number of esters is 1. The Balaban J connectivity index is 1.60. The summed E-state index contributed by atoms with van der Waals surface area (Å²) >= 11 is 0. The van der Waals surface area contributed by atoms with Crippen LogP contribution in [-0.4, -0.2) is 67.0 Å². The van der Waals surface area contributed by atoms with Crippen LogP contribution in [0.4, 0.5) is 4.79 Å². The minimum absolute atomic E-state index is 0.0313. The highest BCUT2D eigenvalue weighted by Crippen LogP contribution is 2.20. The Labute approximate surface area is 166 Å². The maximum absolute atomic E-state index is 12.8. The van der Waals surface area contributed by atoms with Gasteiger partial charge in [-0.15, -0.1) is 0 Å². The molecule has 0 radical (unpaired) electrons. The summed E-state index contributed by atoms with van der Waals surface area (Å²) in [5, 5.41) is 2.85. The maximum Gasteiger partial charge on any atom is 0.328 e. The van der Waals surface area contributed by atoms with Crippen LogP contribution in [0.5, 0.6) is 0 Å². The van der Waals surface area contributed by atoms with Gasteiger partial charge in [0.2, 0.25) is 5.91 Å². The summed E-state index contributed by atoms with van der Waals surface area (Å²) in [6, 6.07) is 8.83. The van der Waals surface area contributed by atoms with Crippen molar-refractivity contribution in [2.45, 2.75) is 38.1 Å². The summed E-state index contributed by atoms with van der Waals surface area (Å²) in [7, 11) is 1.32. The Bertz CT molecular complexity index is 688. The van der Waals surface area contributed by atoms with Crippen molar-refractivity contribution in [3.63, 3.8) is 0 Å². The van der Waals surface area contributed by atoms with E-state index in [0.717, 1.165) is 44.3 Å². The second kappa shape index (κ2) is 9.57. The molecular formula is C21H29N3O4. The number of rotatable bonds is 5. The van der Waals surface area contributed by atoms with Crippen molar-refractivity contribution in [1.29, 1.82) is 0 Å². The zero-order valence-corrected chi connectivity index (χ0v) is 16.4. The van der Waals surface area contributed by atoms with Gasteiger partial charge in [-0.2, -0.15) is 0 Å². The Hall–Kier alpha value is -2.57. The van der Waals surface area contributed by atoms with Crippen LogP contribution in [0.2, 0.25) is 0 Å². The number of carbonyl (C=O) groups is 3. The van der Waals surface area contributed by atoms with E-state index >= 15 is 0 Å². The number of hydrogen-bond acceptors (Lipinski definition) is 4. The van der Waals surface area contributed by atoms with Crippen LogP contribution in [0.25, 0.3) is 0 Å². The average molecular weight is 387 g/mol. The van der Waals surface area contributed by atoms with Crippen LogP contribution in [0.3, 0.4) is 0 Å². The van der Waals surface area contributed by atoms with Crippen LogP contribution < -0.4 is 5.32 Å². The largest absolute Gasteiger partial charge is 0.467 e. The number of amides is 3. The number of nitrogens with zero attached hydrogens (tertiary/aromatic N) is 2. The van der Waals surface area contributed by atoms with Crippen molar-refractivity contribution in [2.75, 3.05) is 33.3 Å². The molecule has 0 aliphatic carbocycles. The molecular weight excluding hydrogens is 358 g/mol. The second-order valence-corrected chi connectivity index (χ2v) is 7.54. The molecule has 7 nitrogen and oxygen atoms in total. The van der Waals surface area contributed by atoms with Gasteiger partial charge in [0.05, 0.1) is 13.0 Å². The summed E-state index contributed by atoms with van der Waals surface area (Å²) < 4.78 is 4.87. The molecule has 0 bridgehead atoms. The number of urea groups is 1. The summed E-state index contributed by atoms with van der Waals surface area (Å²) in [6.07, 6.45) is 3.98. The van der Waals surface area contributed by atoms with Crippen LogP contribution in [0, 0.1) is 5.92 Å². The van der Waals surface area contributed by atoms with Gasteiger partial charge in [0.1, 0.15) is 6.04 Å². The molecule has 2 saturated heterocycles. The standard InChI is InChI=1S/C21H29N3O4/c1-28-20(26)18(14-16-8-3-2-4-9-16)22-19(25)17-10-7-13-24(15-17)21(27)23-11-5-6-12-23/h2-4,8-9,17-18H,5-7,10-15H2,1H3,(H,22,25)/t17?,18-/m0/s1. The van der Waals surface area contributed by atoms with E-state index in [1.54, 1.807) is 4.90 Å². The molecule has 28 heavy (non-hydrogen) atoms. The normalized spacial score (nSPS) is 20.5. The van der Waals surface area contributed by atoms with Crippen LogP contribution in [0.15, 0.2) is 30.3 Å². The number of methoxy groups -OCH3 is 1. The second-order valence-electron chi connectivity index (χ2n) is 7.54. The molecule has 1 N–H and O–H groups in total. The first-order chi connectivity index (χ1) is 13.6. The monoisotopic (exact) mass is 387 g/mol. The van der Waals surface area contributed by atoms with Gasteiger partial charge in [0, 0.05) is 32.6 Å². The number of carbonyl (C=O) groups excluding carboxylic acids is 3. The van der Waals surface area contributed by atoms with E-state index in [4.69, 9.17) is 4.74 Å². The quantitative estimate of drug-likeness (QED) is 0.782. The van der Waals surface area contributed by atoms with E-state index in [0.29, 0.717) is 19.5 Å². The predicted molar refractivity (Wildman–Crippen MR) is 105 cm³/mol. The first-order valence-electron chi connectivity index (χ1n) is 10.0. The molecule has 2 aliphatic rings. The van der Waals surface area contributed by atoms with Gasteiger partial charge in [0.15, 0.2) is 0 Å². The lowest BCUT2D eigenvalue weighted by Gasteiger charge is -2.35. The smallest absolute Gasteiger partial charge is 0.328 e. The number of likely N-dealkylation sites (tertiary alicyclic amines) is 2. The highest BCUT2D eigenvalue weighted by atomic mass is 16.5. The molecule has 3 rings (SSSR count). The lowest BCUT2D eigenvalue weighted by atomic mass is 9.96. The first kappa shape index (κ1) is 20.2. The highest BCUT2D eigenvalue weighted by molar-refractivity contribution is 5.86. The van der Waals surface area contributed by atoms with Crippen LogP contribution >= 0.6 is 0 Å².